The van der Waals surface area contributed by atoms with Gasteiger partial charge in [0, 0.05) is 30.5 Å². The molecule has 0 aliphatic carbocycles. The molecule has 0 unspecified atom stereocenters. The number of primary amides is 1. The molecular weight excluding hydrogens is 368 g/mol. The lowest BCUT2D eigenvalue weighted by Crippen LogP contribution is -2.33. The minimum Gasteiger partial charge on any atom is -0.492 e. The van der Waals surface area contributed by atoms with Crippen LogP contribution < -0.4 is 20.7 Å². The summed E-state index contributed by atoms with van der Waals surface area (Å²) in [7, 11) is 4.00. The second kappa shape index (κ2) is 9.25. The van der Waals surface area contributed by atoms with Gasteiger partial charge >= 0.3 is 6.03 Å². The number of nitrogens with one attached hydrogen (secondary N) is 1. The number of hydrogen-bond acceptors (Lipinski definition) is 4. The van der Waals surface area contributed by atoms with Crippen molar-refractivity contribution in [3.8, 4) is 5.75 Å². The average Bonchev–Trinajstić information content (AvgIpc) is 3.10. The predicted molar refractivity (Wildman–Crippen MR) is 115 cm³/mol. The number of ether oxygens (including phenoxy) is 1. The second-order valence-electron chi connectivity index (χ2n) is 7.13. The summed E-state index contributed by atoms with van der Waals surface area (Å²) < 4.78 is 5.66. The summed E-state index contributed by atoms with van der Waals surface area (Å²) in [5.74, 6) is 0.581. The van der Waals surface area contributed by atoms with E-state index in [1.807, 2.05) is 44.4 Å². The van der Waals surface area contributed by atoms with Crippen LogP contribution in [0.2, 0.25) is 0 Å². The van der Waals surface area contributed by atoms with Gasteiger partial charge in [-0.1, -0.05) is 12.1 Å². The Morgan fingerprint density at radius 1 is 1.21 bits per heavy atom. The minimum atomic E-state index is -0.461. The predicted octanol–water partition coefficient (Wildman–Crippen LogP) is 2.72. The van der Waals surface area contributed by atoms with Gasteiger partial charge < -0.3 is 20.7 Å². The third-order valence-corrected chi connectivity index (χ3v) is 4.62. The van der Waals surface area contributed by atoms with E-state index in [1.165, 1.54) is 11.0 Å². The number of benzene rings is 2. The lowest BCUT2D eigenvalue weighted by Gasteiger charge is -2.14. The Morgan fingerprint density at radius 3 is 2.66 bits per heavy atom. The number of carbonyl (C=O) groups excluding carboxylic acids is 2. The Bertz CT molecular complexity index is 907. The summed E-state index contributed by atoms with van der Waals surface area (Å²) in [6.45, 7) is 2.05. The van der Waals surface area contributed by atoms with Gasteiger partial charge in [-0.3, -0.25) is 9.69 Å². The smallest absolute Gasteiger partial charge is 0.319 e. The molecule has 0 radical (unpaired) electrons. The molecule has 3 rings (SSSR count). The second-order valence-corrected chi connectivity index (χ2v) is 7.13. The molecule has 0 spiro atoms. The normalized spacial score (nSPS) is 13.0. The van der Waals surface area contributed by atoms with E-state index in [9.17, 15) is 9.59 Å². The van der Waals surface area contributed by atoms with Crippen molar-refractivity contribution in [2.75, 3.05) is 44.0 Å². The largest absolute Gasteiger partial charge is 0.492 e. The van der Waals surface area contributed by atoms with Crippen LogP contribution in [0.25, 0.3) is 6.08 Å². The molecule has 29 heavy (non-hydrogen) atoms. The van der Waals surface area contributed by atoms with Gasteiger partial charge in [-0.15, -0.1) is 0 Å². The molecule has 2 aromatic rings. The van der Waals surface area contributed by atoms with E-state index < -0.39 is 6.03 Å². The van der Waals surface area contributed by atoms with Crippen molar-refractivity contribution < 1.29 is 14.3 Å². The van der Waals surface area contributed by atoms with Crippen LogP contribution in [-0.4, -0.2) is 50.6 Å². The third-order valence-electron chi connectivity index (χ3n) is 4.62. The van der Waals surface area contributed by atoms with Gasteiger partial charge in [-0.25, -0.2) is 4.79 Å². The number of fused-ring (bicyclic) bond motifs is 1. The van der Waals surface area contributed by atoms with Gasteiger partial charge in [0.05, 0.1) is 0 Å². The minimum absolute atomic E-state index is 0.221. The first-order valence-corrected chi connectivity index (χ1v) is 9.49. The summed E-state index contributed by atoms with van der Waals surface area (Å²) in [5.41, 5.74) is 8.77. The lowest BCUT2D eigenvalue weighted by molar-refractivity contribution is -0.111. The van der Waals surface area contributed by atoms with Gasteiger partial charge in [0.15, 0.2) is 0 Å². The first-order chi connectivity index (χ1) is 13.9. The highest BCUT2D eigenvalue weighted by Gasteiger charge is 2.22. The van der Waals surface area contributed by atoms with Crippen molar-refractivity contribution in [1.29, 1.82) is 0 Å². The van der Waals surface area contributed by atoms with Crippen LogP contribution in [0.5, 0.6) is 5.75 Å². The molecule has 152 valence electrons. The van der Waals surface area contributed by atoms with Gasteiger partial charge in [0.2, 0.25) is 5.91 Å². The van der Waals surface area contributed by atoms with Gasteiger partial charge in [0.25, 0.3) is 0 Å². The van der Waals surface area contributed by atoms with E-state index in [1.54, 1.807) is 18.2 Å². The number of anilines is 2. The molecule has 2 aromatic carbocycles. The molecule has 1 aliphatic rings. The van der Waals surface area contributed by atoms with Crippen LogP contribution in [0, 0.1) is 0 Å². The maximum atomic E-state index is 12.2. The Balaban J connectivity index is 1.54. The Kier molecular flexibility index (Phi) is 6.51. The molecular formula is C22H26N4O3. The van der Waals surface area contributed by atoms with Crippen molar-refractivity contribution >= 4 is 29.4 Å². The standard InChI is InChI=1S/C22H26N4O3/c1-25(2)13-14-29-19-7-3-16(4-8-19)5-10-21(27)24-18-6-9-20-17(15-18)11-12-26(20)22(23)28/h3-10,15H,11-14H2,1-2H3,(H2,23,28)(H,24,27). The summed E-state index contributed by atoms with van der Waals surface area (Å²) in [6, 6.07) is 12.6. The number of likely N-dealkylation sites (N-methyl/N-ethyl adjacent to an activating group) is 1. The molecule has 7 heteroatoms. The summed E-state index contributed by atoms with van der Waals surface area (Å²) in [4.78, 5) is 27.2. The highest BCUT2D eigenvalue weighted by atomic mass is 16.5. The molecule has 0 saturated heterocycles. The molecule has 0 saturated carbocycles. The first kappa shape index (κ1) is 20.4. The summed E-state index contributed by atoms with van der Waals surface area (Å²) >= 11 is 0. The monoisotopic (exact) mass is 394 g/mol. The SMILES string of the molecule is CN(C)CCOc1ccc(C=CC(=O)Nc2ccc3c(c2)CCN3C(N)=O)cc1. The fourth-order valence-corrected chi connectivity index (χ4v) is 3.09. The van der Waals surface area contributed by atoms with Crippen molar-refractivity contribution in [3.05, 3.63) is 59.7 Å². The number of carbonyl (C=O) groups is 2. The molecule has 1 heterocycles. The van der Waals surface area contributed by atoms with Crippen molar-refractivity contribution in [2.24, 2.45) is 5.73 Å². The number of rotatable bonds is 7. The van der Waals surface area contributed by atoms with Crippen LogP contribution in [0.15, 0.2) is 48.5 Å². The fraction of sp³-hybridized carbons (Fsp3) is 0.273. The fourth-order valence-electron chi connectivity index (χ4n) is 3.09. The number of hydrogen-bond donors (Lipinski definition) is 2. The molecule has 3 amide bonds. The zero-order valence-corrected chi connectivity index (χ0v) is 16.7. The summed E-state index contributed by atoms with van der Waals surface area (Å²) in [6.07, 6.45) is 3.97. The quantitative estimate of drug-likeness (QED) is 0.707. The third kappa shape index (κ3) is 5.58. The number of amides is 3. The van der Waals surface area contributed by atoms with Crippen molar-refractivity contribution in [1.82, 2.24) is 4.90 Å². The summed E-state index contributed by atoms with van der Waals surface area (Å²) in [5, 5.41) is 2.85. The Morgan fingerprint density at radius 2 is 1.97 bits per heavy atom. The van der Waals surface area contributed by atoms with Crippen molar-refractivity contribution in [2.45, 2.75) is 6.42 Å². The average molecular weight is 394 g/mol. The molecule has 0 bridgehead atoms. The maximum Gasteiger partial charge on any atom is 0.319 e. The zero-order chi connectivity index (χ0) is 20.8. The van der Waals surface area contributed by atoms with Gasteiger partial charge in [0.1, 0.15) is 12.4 Å². The van der Waals surface area contributed by atoms with Crippen LogP contribution in [0.4, 0.5) is 16.2 Å². The lowest BCUT2D eigenvalue weighted by atomic mass is 10.1. The highest BCUT2D eigenvalue weighted by molar-refractivity contribution is 6.02. The number of nitrogens with zero attached hydrogens (tertiary/aromatic N) is 2. The van der Waals surface area contributed by atoms with Crippen LogP contribution >= 0.6 is 0 Å². The maximum absolute atomic E-state index is 12.2. The van der Waals surface area contributed by atoms with E-state index in [2.05, 4.69) is 10.2 Å². The van der Waals surface area contributed by atoms with Gasteiger partial charge in [-0.2, -0.15) is 0 Å². The molecule has 3 N–H and O–H groups in total. The first-order valence-electron chi connectivity index (χ1n) is 9.49. The topological polar surface area (TPSA) is 87.9 Å². The van der Waals surface area contributed by atoms with Crippen LogP contribution in [-0.2, 0) is 11.2 Å². The molecule has 7 nitrogen and oxygen atoms in total. The highest BCUT2D eigenvalue weighted by Crippen LogP contribution is 2.30. The van der Waals surface area contributed by atoms with Crippen LogP contribution in [0.1, 0.15) is 11.1 Å². The van der Waals surface area contributed by atoms with E-state index in [-0.39, 0.29) is 5.91 Å². The van der Waals surface area contributed by atoms with E-state index in [4.69, 9.17) is 10.5 Å². The van der Waals surface area contributed by atoms with E-state index in [0.29, 0.717) is 18.8 Å². The molecule has 1 aliphatic heterocycles. The molecule has 0 aromatic heterocycles. The van der Waals surface area contributed by atoms with E-state index >= 15 is 0 Å². The molecule has 0 atom stereocenters. The van der Waals surface area contributed by atoms with Gasteiger partial charge in [-0.05, 0) is 68.1 Å². The number of nitrogens with two attached hydrogens (primary N) is 1. The van der Waals surface area contributed by atoms with E-state index in [0.717, 1.165) is 35.5 Å². The van der Waals surface area contributed by atoms with Crippen LogP contribution in [0.3, 0.4) is 0 Å². The zero-order valence-electron chi connectivity index (χ0n) is 16.7. The number of urea groups is 1. The Hall–Kier alpha value is -3.32. The molecule has 0 fully saturated rings. The Labute approximate surface area is 170 Å². The van der Waals surface area contributed by atoms with Crippen molar-refractivity contribution in [3.63, 3.8) is 0 Å².